The van der Waals surface area contributed by atoms with Crippen molar-refractivity contribution in [2.75, 3.05) is 0 Å². The van der Waals surface area contributed by atoms with E-state index in [1.807, 2.05) is 12.1 Å². The third-order valence-corrected chi connectivity index (χ3v) is 11.1. The molecule has 0 fully saturated rings. The van der Waals surface area contributed by atoms with Crippen molar-refractivity contribution in [1.82, 2.24) is 0 Å². The van der Waals surface area contributed by atoms with E-state index in [-0.39, 0.29) is 0 Å². The van der Waals surface area contributed by atoms with Gasteiger partial charge in [0.15, 0.2) is 0 Å². The molecule has 0 aliphatic carbocycles. The van der Waals surface area contributed by atoms with Crippen LogP contribution < -0.4 is 0 Å². The molecule has 0 heterocycles. The molecule has 112 valence electrons. The lowest BCUT2D eigenvalue weighted by molar-refractivity contribution is 1.31. The van der Waals surface area contributed by atoms with Gasteiger partial charge in [-0.3, -0.25) is 0 Å². The maximum absolute atomic E-state index is 6.39. The van der Waals surface area contributed by atoms with Crippen molar-refractivity contribution in [1.29, 1.82) is 0 Å². The van der Waals surface area contributed by atoms with Crippen LogP contribution in [0.25, 0.3) is 0 Å². The third kappa shape index (κ3) is 4.27. The van der Waals surface area contributed by atoms with Crippen LogP contribution in [0, 0.1) is 0 Å². The Bertz CT molecular complexity index is 705. The minimum atomic E-state index is 0.472. The standard InChI is InChI=1S/C12H2Br6Cl2S/c13-3-1-4(14)6(15)5(2-3)21-12-9(18)7(16)8(17)10(19)11(12)20/h1-2H. The topological polar surface area (TPSA) is 0 Å². The van der Waals surface area contributed by atoms with Crippen LogP contribution in [0.2, 0.25) is 10.0 Å². The number of rotatable bonds is 2. The van der Waals surface area contributed by atoms with Crippen molar-refractivity contribution in [2.45, 2.75) is 9.79 Å². The zero-order valence-electron chi connectivity index (χ0n) is 9.59. The second-order valence-corrected chi connectivity index (χ2v) is 10.5. The van der Waals surface area contributed by atoms with Crippen molar-refractivity contribution in [2.24, 2.45) is 0 Å². The first-order valence-electron chi connectivity index (χ1n) is 5.07. The van der Waals surface area contributed by atoms with Crippen LogP contribution in [-0.4, -0.2) is 0 Å². The fourth-order valence-corrected chi connectivity index (χ4v) is 7.08. The highest BCUT2D eigenvalue weighted by Crippen LogP contribution is 2.51. The highest BCUT2D eigenvalue weighted by molar-refractivity contribution is 9.14. The van der Waals surface area contributed by atoms with E-state index < -0.39 is 0 Å². The summed E-state index contributed by atoms with van der Waals surface area (Å²) >= 11 is 35.2. The van der Waals surface area contributed by atoms with E-state index in [4.69, 9.17) is 23.2 Å². The first-order valence-corrected chi connectivity index (χ1v) is 11.4. The van der Waals surface area contributed by atoms with Gasteiger partial charge >= 0.3 is 0 Å². The Morgan fingerprint density at radius 2 is 1.33 bits per heavy atom. The van der Waals surface area contributed by atoms with Gasteiger partial charge in [-0.05, 0) is 91.8 Å². The van der Waals surface area contributed by atoms with Crippen LogP contribution in [-0.2, 0) is 0 Å². The molecule has 0 nitrogen and oxygen atoms in total. The van der Waals surface area contributed by atoms with E-state index in [0.29, 0.717) is 10.0 Å². The van der Waals surface area contributed by atoms with E-state index in [0.717, 1.165) is 36.6 Å². The van der Waals surface area contributed by atoms with E-state index in [1.54, 1.807) is 0 Å². The van der Waals surface area contributed by atoms with Crippen LogP contribution in [0.4, 0.5) is 0 Å². The molecular weight excluding hydrogens is 727 g/mol. The van der Waals surface area contributed by atoms with Gasteiger partial charge in [-0.1, -0.05) is 50.9 Å². The fraction of sp³-hybridized carbons (Fsp3) is 0. The Labute approximate surface area is 186 Å². The van der Waals surface area contributed by atoms with Gasteiger partial charge in [0.2, 0.25) is 0 Å². The van der Waals surface area contributed by atoms with Gasteiger partial charge in [0.05, 0.1) is 14.5 Å². The molecule has 2 rings (SSSR count). The molecule has 0 saturated carbocycles. The predicted molar refractivity (Wildman–Crippen MR) is 113 cm³/mol. The molecule has 0 saturated heterocycles. The first-order chi connectivity index (χ1) is 9.73. The second-order valence-electron chi connectivity index (χ2n) is 3.70. The van der Waals surface area contributed by atoms with Crippen LogP contribution >= 0.6 is 131 Å². The highest BCUT2D eigenvalue weighted by Gasteiger charge is 2.20. The summed E-state index contributed by atoms with van der Waals surface area (Å²) in [4.78, 5) is 1.84. The Morgan fingerprint density at radius 3 is 1.95 bits per heavy atom. The van der Waals surface area contributed by atoms with Gasteiger partial charge < -0.3 is 0 Å². The molecule has 0 aliphatic rings. The Kier molecular flexibility index (Phi) is 7.54. The summed E-state index contributed by atoms with van der Waals surface area (Å²) in [6, 6.07) is 3.97. The molecule has 0 aromatic heterocycles. The van der Waals surface area contributed by atoms with E-state index in [2.05, 4.69) is 95.6 Å². The van der Waals surface area contributed by atoms with Crippen molar-refractivity contribution >= 4 is 131 Å². The molecule has 2 aromatic carbocycles. The van der Waals surface area contributed by atoms with Crippen LogP contribution in [0.5, 0.6) is 0 Å². The van der Waals surface area contributed by atoms with Crippen molar-refractivity contribution in [3.63, 3.8) is 0 Å². The summed E-state index contributed by atoms with van der Waals surface area (Å²) in [5, 5.41) is 0.964. The lowest BCUT2D eigenvalue weighted by Gasteiger charge is -2.14. The average molecular weight is 729 g/mol. The smallest absolute Gasteiger partial charge is 0.0758 e. The van der Waals surface area contributed by atoms with Gasteiger partial charge in [0.25, 0.3) is 0 Å². The summed E-state index contributed by atoms with van der Waals surface area (Å²) in [6.07, 6.45) is 0. The quantitative estimate of drug-likeness (QED) is 0.219. The number of hydrogen-bond acceptors (Lipinski definition) is 1. The molecule has 9 heteroatoms. The number of hydrogen-bond donors (Lipinski definition) is 0. The Balaban J connectivity index is 2.60. The predicted octanol–water partition coefficient (Wildman–Crippen LogP) is 9.72. The Hall–Kier alpha value is 2.25. The maximum atomic E-state index is 6.39. The van der Waals surface area contributed by atoms with Crippen molar-refractivity contribution in [3.8, 4) is 0 Å². The van der Waals surface area contributed by atoms with Crippen LogP contribution in [0.3, 0.4) is 0 Å². The molecule has 0 bridgehead atoms. The van der Waals surface area contributed by atoms with Crippen LogP contribution in [0.1, 0.15) is 0 Å². The van der Waals surface area contributed by atoms with E-state index in [1.165, 1.54) is 11.8 Å². The summed E-state index contributed by atoms with van der Waals surface area (Å²) in [7, 11) is 0. The van der Waals surface area contributed by atoms with Crippen molar-refractivity contribution < 1.29 is 0 Å². The van der Waals surface area contributed by atoms with E-state index in [9.17, 15) is 0 Å². The van der Waals surface area contributed by atoms with Gasteiger partial charge in [-0.25, -0.2) is 0 Å². The van der Waals surface area contributed by atoms with Crippen molar-refractivity contribution in [3.05, 3.63) is 49.0 Å². The fourth-order valence-electron chi connectivity index (χ4n) is 1.39. The third-order valence-electron chi connectivity index (χ3n) is 2.34. The molecule has 0 amide bonds. The maximum Gasteiger partial charge on any atom is 0.0758 e. The lowest BCUT2D eigenvalue weighted by Crippen LogP contribution is -1.86. The van der Waals surface area contributed by atoms with Crippen LogP contribution in [0.15, 0.2) is 48.8 Å². The second kappa shape index (κ2) is 8.09. The Morgan fingerprint density at radius 1 is 0.714 bits per heavy atom. The molecule has 0 spiro atoms. The molecule has 0 radical (unpaired) electrons. The summed E-state index contributed by atoms with van der Waals surface area (Å²) in [5.41, 5.74) is 0. The molecule has 0 N–H and O–H groups in total. The van der Waals surface area contributed by atoms with E-state index >= 15 is 0 Å². The normalized spacial score (nSPS) is 11.0. The minimum absolute atomic E-state index is 0.472. The van der Waals surface area contributed by atoms with Gasteiger partial charge in [-0.15, -0.1) is 0 Å². The lowest BCUT2D eigenvalue weighted by atomic mass is 10.3. The zero-order chi connectivity index (χ0) is 15.9. The summed E-state index contributed by atoms with van der Waals surface area (Å²) in [6.45, 7) is 0. The minimum Gasteiger partial charge on any atom is -0.0860 e. The molecular formula is C12H2Br6Cl2S. The number of benzene rings is 2. The monoisotopic (exact) mass is 721 g/mol. The SMILES string of the molecule is Clc1c(Cl)c(Sc2cc(Br)cc(Br)c2Br)c(Br)c(Br)c1Br. The average Bonchev–Trinajstić information content (AvgIpc) is 2.44. The van der Waals surface area contributed by atoms with Gasteiger partial charge in [0, 0.05) is 32.2 Å². The summed E-state index contributed by atoms with van der Waals surface area (Å²) in [5.74, 6) is 0. The largest absolute Gasteiger partial charge is 0.0860 e. The van der Waals surface area contributed by atoms with Gasteiger partial charge in [0.1, 0.15) is 0 Å². The highest BCUT2D eigenvalue weighted by atomic mass is 79.9. The first kappa shape index (κ1) is 19.6. The molecule has 0 unspecified atom stereocenters. The molecule has 0 atom stereocenters. The summed E-state index contributed by atoms with van der Waals surface area (Å²) < 4.78 is 5.26. The number of halogens is 8. The zero-order valence-corrected chi connectivity index (χ0v) is 21.4. The molecule has 2 aromatic rings. The van der Waals surface area contributed by atoms with Gasteiger partial charge in [-0.2, -0.15) is 0 Å². The molecule has 21 heavy (non-hydrogen) atoms. The molecule has 0 aliphatic heterocycles.